The molecule has 4 rings (SSSR count). The van der Waals surface area contributed by atoms with Crippen LogP contribution in [-0.2, 0) is 23.0 Å². The fourth-order valence-corrected chi connectivity index (χ4v) is 4.52. The van der Waals surface area contributed by atoms with Crippen LogP contribution >= 0.6 is 0 Å². The minimum atomic E-state index is -3.67. The third-order valence-electron chi connectivity index (χ3n) is 4.49. The molecule has 7 nitrogen and oxygen atoms in total. The quantitative estimate of drug-likeness (QED) is 0.753. The largest absolute Gasteiger partial charge is 0.363 e. The van der Waals surface area contributed by atoms with Gasteiger partial charge in [0, 0.05) is 12.7 Å². The second kappa shape index (κ2) is 6.15. The van der Waals surface area contributed by atoms with Crippen LogP contribution in [0.15, 0.2) is 53.6 Å². The van der Waals surface area contributed by atoms with E-state index in [1.807, 2.05) is 24.3 Å². The summed E-state index contributed by atoms with van der Waals surface area (Å²) in [5, 5.41) is 1.85. The second-order valence-electron chi connectivity index (χ2n) is 6.13. The van der Waals surface area contributed by atoms with Gasteiger partial charge in [-0.05, 0) is 34.9 Å². The first kappa shape index (κ1) is 16.6. The highest BCUT2D eigenvalue weighted by Gasteiger charge is 2.29. The van der Waals surface area contributed by atoms with Crippen molar-refractivity contribution in [2.24, 2.45) is 5.73 Å². The number of hydrogen-bond acceptors (Lipinski definition) is 5. The molecule has 1 aromatic heterocycles. The van der Waals surface area contributed by atoms with Crippen LogP contribution < -0.4 is 5.73 Å². The Kier molecular flexibility index (Phi) is 3.93. The van der Waals surface area contributed by atoms with Crippen LogP contribution in [0.3, 0.4) is 0 Å². The van der Waals surface area contributed by atoms with Crippen molar-refractivity contribution in [1.82, 2.24) is 14.3 Å². The number of hydrogen-bond donors (Lipinski definition) is 1. The Bertz CT molecular complexity index is 1130. The van der Waals surface area contributed by atoms with E-state index in [-0.39, 0.29) is 17.3 Å². The molecule has 0 aliphatic carbocycles. The topological polar surface area (TPSA) is 106 Å². The van der Waals surface area contributed by atoms with Gasteiger partial charge < -0.3 is 5.73 Å². The Morgan fingerprint density at radius 1 is 1.12 bits per heavy atom. The zero-order valence-electron chi connectivity index (χ0n) is 13.8. The number of rotatable bonds is 3. The van der Waals surface area contributed by atoms with Crippen molar-refractivity contribution in [3.63, 3.8) is 0 Å². The highest BCUT2D eigenvalue weighted by Crippen LogP contribution is 2.26. The molecule has 1 aliphatic rings. The minimum absolute atomic E-state index is 0.0906. The van der Waals surface area contributed by atoms with Gasteiger partial charge in [-0.2, -0.15) is 4.31 Å². The maximum Gasteiger partial charge on any atom is 0.286 e. The molecule has 1 amide bonds. The van der Waals surface area contributed by atoms with Gasteiger partial charge in [-0.25, -0.2) is 18.4 Å². The average Bonchev–Trinajstić information content (AvgIpc) is 2.66. The number of nitrogens with zero attached hydrogens (tertiary/aromatic N) is 3. The molecule has 0 bridgehead atoms. The van der Waals surface area contributed by atoms with E-state index in [4.69, 9.17) is 5.73 Å². The highest BCUT2D eigenvalue weighted by molar-refractivity contribution is 7.89. The second-order valence-corrected chi connectivity index (χ2v) is 8.07. The number of primary amides is 1. The molecule has 0 radical (unpaired) electrons. The summed E-state index contributed by atoms with van der Waals surface area (Å²) in [7, 11) is -3.67. The number of amides is 1. The third kappa shape index (κ3) is 2.83. The van der Waals surface area contributed by atoms with E-state index < -0.39 is 15.9 Å². The summed E-state index contributed by atoms with van der Waals surface area (Å²) in [5.74, 6) is -0.837. The lowest BCUT2D eigenvalue weighted by molar-refractivity contribution is 0.0990. The lowest BCUT2D eigenvalue weighted by Crippen LogP contribution is -2.37. The Hall–Kier alpha value is -2.84. The molecule has 0 atom stereocenters. The van der Waals surface area contributed by atoms with Crippen molar-refractivity contribution < 1.29 is 13.2 Å². The summed E-state index contributed by atoms with van der Waals surface area (Å²) >= 11 is 0. The summed E-state index contributed by atoms with van der Waals surface area (Å²) in [6, 6.07) is 12.7. The fraction of sp³-hybridized carbons (Fsp3) is 0.167. The normalized spacial score (nSPS) is 14.9. The third-order valence-corrected chi connectivity index (χ3v) is 6.33. The van der Waals surface area contributed by atoms with Gasteiger partial charge in [-0.15, -0.1) is 0 Å². The van der Waals surface area contributed by atoms with Crippen molar-refractivity contribution in [2.45, 2.75) is 17.9 Å². The molecule has 0 unspecified atom stereocenters. The van der Waals surface area contributed by atoms with Gasteiger partial charge in [0.2, 0.25) is 15.8 Å². The summed E-state index contributed by atoms with van der Waals surface area (Å²) < 4.78 is 27.5. The number of carbonyl (C=O) groups excluding carboxylic acids is 1. The van der Waals surface area contributed by atoms with Crippen molar-refractivity contribution in [3.05, 3.63) is 65.7 Å². The molecule has 0 spiro atoms. The van der Waals surface area contributed by atoms with E-state index in [9.17, 15) is 13.2 Å². The van der Waals surface area contributed by atoms with Crippen molar-refractivity contribution in [2.75, 3.05) is 6.54 Å². The van der Waals surface area contributed by atoms with E-state index in [0.29, 0.717) is 18.7 Å². The standard InChI is InChI=1S/C18H16N4O3S/c19-17(23)18-20-10-14-7-8-22(11-16(14)21-18)26(24,25)15-6-5-12-3-1-2-4-13(12)9-15/h1-6,9-10H,7-8,11H2,(H2,19,23). The molecule has 1 aliphatic heterocycles. The lowest BCUT2D eigenvalue weighted by Gasteiger charge is -2.27. The first-order valence-electron chi connectivity index (χ1n) is 8.09. The molecule has 132 valence electrons. The van der Waals surface area contributed by atoms with E-state index in [1.54, 1.807) is 24.4 Å². The molecule has 2 heterocycles. The first-order chi connectivity index (χ1) is 12.4. The number of fused-ring (bicyclic) bond motifs is 2. The average molecular weight is 368 g/mol. The Balaban J connectivity index is 1.70. The summed E-state index contributed by atoms with van der Waals surface area (Å²) in [6.07, 6.45) is 2.03. The van der Waals surface area contributed by atoms with Crippen LogP contribution in [0.25, 0.3) is 10.8 Å². The van der Waals surface area contributed by atoms with Crippen LogP contribution in [-0.4, -0.2) is 35.1 Å². The number of carbonyl (C=O) groups is 1. The number of sulfonamides is 1. The van der Waals surface area contributed by atoms with Gasteiger partial charge in [-0.1, -0.05) is 30.3 Å². The van der Waals surface area contributed by atoms with Gasteiger partial charge in [0.15, 0.2) is 0 Å². The molecule has 2 N–H and O–H groups in total. The SMILES string of the molecule is NC(=O)c1ncc2c(n1)CN(S(=O)(=O)c1ccc3ccccc3c1)CC2. The van der Waals surface area contributed by atoms with E-state index in [1.165, 1.54) is 4.31 Å². The van der Waals surface area contributed by atoms with E-state index >= 15 is 0 Å². The Labute approximate surface area is 150 Å². The van der Waals surface area contributed by atoms with Crippen molar-refractivity contribution in [1.29, 1.82) is 0 Å². The van der Waals surface area contributed by atoms with Crippen LogP contribution in [0.5, 0.6) is 0 Å². The Morgan fingerprint density at radius 2 is 1.88 bits per heavy atom. The maximum atomic E-state index is 13.1. The number of benzene rings is 2. The molecule has 0 saturated heterocycles. The predicted molar refractivity (Wildman–Crippen MR) is 95.8 cm³/mol. The molecular formula is C18H16N4O3S. The molecule has 3 aromatic rings. The fourth-order valence-electron chi connectivity index (χ4n) is 3.08. The lowest BCUT2D eigenvalue weighted by atomic mass is 10.1. The molecule has 0 fully saturated rings. The van der Waals surface area contributed by atoms with Crippen LogP contribution in [0, 0.1) is 0 Å². The van der Waals surface area contributed by atoms with Gasteiger partial charge >= 0.3 is 0 Å². The zero-order chi connectivity index (χ0) is 18.3. The van der Waals surface area contributed by atoms with Gasteiger partial charge in [0.25, 0.3) is 5.91 Å². The Morgan fingerprint density at radius 3 is 2.65 bits per heavy atom. The van der Waals surface area contributed by atoms with Crippen LogP contribution in [0.2, 0.25) is 0 Å². The molecule has 2 aromatic carbocycles. The molecule has 0 saturated carbocycles. The monoisotopic (exact) mass is 368 g/mol. The summed E-state index contributed by atoms with van der Waals surface area (Å²) in [4.78, 5) is 19.6. The first-order valence-corrected chi connectivity index (χ1v) is 9.53. The summed E-state index contributed by atoms with van der Waals surface area (Å²) in [5.41, 5.74) is 6.57. The zero-order valence-corrected chi connectivity index (χ0v) is 14.6. The van der Waals surface area contributed by atoms with Crippen LogP contribution in [0.4, 0.5) is 0 Å². The minimum Gasteiger partial charge on any atom is -0.363 e. The van der Waals surface area contributed by atoms with Crippen molar-refractivity contribution in [3.8, 4) is 0 Å². The maximum absolute atomic E-state index is 13.1. The molecular weight excluding hydrogens is 352 g/mol. The van der Waals surface area contributed by atoms with Gasteiger partial charge in [0.05, 0.1) is 17.1 Å². The van der Waals surface area contributed by atoms with E-state index in [0.717, 1.165) is 16.3 Å². The predicted octanol–water partition coefficient (Wildman–Crippen LogP) is 1.48. The molecule has 26 heavy (non-hydrogen) atoms. The van der Waals surface area contributed by atoms with Crippen molar-refractivity contribution >= 4 is 26.7 Å². The van der Waals surface area contributed by atoms with E-state index in [2.05, 4.69) is 9.97 Å². The number of nitrogens with two attached hydrogens (primary N) is 1. The highest BCUT2D eigenvalue weighted by atomic mass is 32.2. The summed E-state index contributed by atoms with van der Waals surface area (Å²) in [6.45, 7) is 0.425. The smallest absolute Gasteiger partial charge is 0.286 e. The van der Waals surface area contributed by atoms with Gasteiger partial charge in [0.1, 0.15) is 0 Å². The van der Waals surface area contributed by atoms with Crippen LogP contribution in [0.1, 0.15) is 21.9 Å². The molecule has 8 heteroatoms. The van der Waals surface area contributed by atoms with Gasteiger partial charge in [-0.3, -0.25) is 4.79 Å². The number of aromatic nitrogens is 2.